The molecule has 4 nitrogen and oxygen atoms in total. The number of hydrogen-bond acceptors (Lipinski definition) is 2. The highest BCUT2D eigenvalue weighted by Gasteiger charge is 2.16. The molecule has 0 spiro atoms. The van der Waals surface area contributed by atoms with Gasteiger partial charge >= 0.3 is 6.09 Å². The fourth-order valence-electron chi connectivity index (χ4n) is 2.28. The highest BCUT2D eigenvalue weighted by atomic mass is 16.4. The normalized spacial score (nSPS) is 11.9. The van der Waals surface area contributed by atoms with Crippen LogP contribution in [0.5, 0.6) is 0 Å². The first-order valence-electron chi connectivity index (χ1n) is 6.96. The number of carboxylic acid groups (broad SMARTS) is 1. The van der Waals surface area contributed by atoms with Crippen LogP contribution in [-0.4, -0.2) is 28.7 Å². The van der Waals surface area contributed by atoms with Gasteiger partial charge in [0.15, 0.2) is 0 Å². The lowest BCUT2D eigenvalue weighted by molar-refractivity contribution is 0.139. The van der Waals surface area contributed by atoms with Crippen molar-refractivity contribution < 1.29 is 9.90 Å². The molecule has 21 heavy (non-hydrogen) atoms. The number of benzene rings is 2. The van der Waals surface area contributed by atoms with Crippen LogP contribution in [0, 0.1) is 0 Å². The predicted molar refractivity (Wildman–Crippen MR) is 83.0 cm³/mol. The molecule has 0 radical (unpaired) electrons. The maximum absolute atomic E-state index is 11.4. The second kappa shape index (κ2) is 7.45. The van der Waals surface area contributed by atoms with Crippen LogP contribution in [0.25, 0.3) is 0 Å². The summed E-state index contributed by atoms with van der Waals surface area (Å²) in [7, 11) is 0. The van der Waals surface area contributed by atoms with Crippen molar-refractivity contribution in [2.75, 3.05) is 6.54 Å². The summed E-state index contributed by atoms with van der Waals surface area (Å²) < 4.78 is 0. The third-order valence-corrected chi connectivity index (χ3v) is 3.28. The maximum atomic E-state index is 11.4. The molecule has 4 heteroatoms. The summed E-state index contributed by atoms with van der Waals surface area (Å²) in [5.41, 5.74) is 8.18. The summed E-state index contributed by atoms with van der Waals surface area (Å²) in [6, 6.07) is 19.2. The quantitative estimate of drug-likeness (QED) is 0.857. The summed E-state index contributed by atoms with van der Waals surface area (Å²) in [5.74, 6) is 0. The molecule has 2 aromatic carbocycles. The summed E-state index contributed by atoms with van der Waals surface area (Å²) in [6.07, 6.45) is -0.276. The molecule has 0 fully saturated rings. The minimum atomic E-state index is -0.942. The zero-order chi connectivity index (χ0) is 15.1. The van der Waals surface area contributed by atoms with E-state index in [0.717, 1.165) is 11.1 Å². The molecule has 3 N–H and O–H groups in total. The van der Waals surface area contributed by atoms with E-state index in [1.165, 1.54) is 4.90 Å². The summed E-state index contributed by atoms with van der Waals surface area (Å²) in [4.78, 5) is 12.7. The van der Waals surface area contributed by atoms with Gasteiger partial charge in [-0.15, -0.1) is 0 Å². The van der Waals surface area contributed by atoms with Gasteiger partial charge in [0.2, 0.25) is 0 Å². The van der Waals surface area contributed by atoms with Crippen LogP contribution in [0.4, 0.5) is 4.79 Å². The van der Waals surface area contributed by atoms with E-state index in [-0.39, 0.29) is 6.04 Å². The molecule has 0 unspecified atom stereocenters. The van der Waals surface area contributed by atoms with Gasteiger partial charge in [-0.1, -0.05) is 60.7 Å². The SMILES string of the molecule is N[C@H](Cc1ccccc1)CN(Cc1ccccc1)C(=O)O. The Kier molecular flexibility index (Phi) is 5.35. The average molecular weight is 284 g/mol. The van der Waals surface area contributed by atoms with Crippen LogP contribution in [0.1, 0.15) is 11.1 Å². The van der Waals surface area contributed by atoms with E-state index < -0.39 is 6.09 Å². The van der Waals surface area contributed by atoms with Crippen molar-refractivity contribution in [3.63, 3.8) is 0 Å². The van der Waals surface area contributed by atoms with E-state index in [1.54, 1.807) is 0 Å². The van der Waals surface area contributed by atoms with Crippen molar-refractivity contribution in [2.45, 2.75) is 19.0 Å². The standard InChI is InChI=1S/C17H20N2O2/c18-16(11-14-7-3-1-4-8-14)13-19(17(20)21)12-15-9-5-2-6-10-15/h1-10,16H,11-13,18H2,(H,20,21)/t16-/m1/s1. The van der Waals surface area contributed by atoms with Crippen molar-refractivity contribution >= 4 is 6.09 Å². The Morgan fingerprint density at radius 1 is 1.00 bits per heavy atom. The molecule has 0 aliphatic carbocycles. The van der Waals surface area contributed by atoms with Crippen molar-refractivity contribution in [1.29, 1.82) is 0 Å². The zero-order valence-electron chi connectivity index (χ0n) is 11.9. The van der Waals surface area contributed by atoms with E-state index >= 15 is 0 Å². The van der Waals surface area contributed by atoms with E-state index in [1.807, 2.05) is 60.7 Å². The fraction of sp³-hybridized carbons (Fsp3) is 0.235. The van der Waals surface area contributed by atoms with Gasteiger partial charge in [-0.05, 0) is 17.5 Å². The molecule has 0 saturated carbocycles. The summed E-state index contributed by atoms with van der Waals surface area (Å²) in [5, 5.41) is 9.32. The Morgan fingerprint density at radius 2 is 1.52 bits per heavy atom. The molecule has 0 aromatic heterocycles. The minimum absolute atomic E-state index is 0.216. The number of rotatable bonds is 6. The highest BCUT2D eigenvalue weighted by Crippen LogP contribution is 2.08. The molecule has 2 rings (SSSR count). The molecule has 0 aliphatic heterocycles. The van der Waals surface area contributed by atoms with Gasteiger partial charge in [0.1, 0.15) is 0 Å². The molecule has 2 aromatic rings. The monoisotopic (exact) mass is 284 g/mol. The van der Waals surface area contributed by atoms with E-state index in [2.05, 4.69) is 0 Å². The number of hydrogen-bond donors (Lipinski definition) is 2. The number of carbonyl (C=O) groups is 1. The van der Waals surface area contributed by atoms with Crippen molar-refractivity contribution in [3.05, 3.63) is 71.8 Å². The zero-order valence-corrected chi connectivity index (χ0v) is 11.9. The Bertz CT molecular complexity index is 558. The van der Waals surface area contributed by atoms with E-state index in [9.17, 15) is 9.90 Å². The van der Waals surface area contributed by atoms with E-state index in [0.29, 0.717) is 19.5 Å². The van der Waals surface area contributed by atoms with Crippen LogP contribution in [0.2, 0.25) is 0 Å². The van der Waals surface area contributed by atoms with Crippen LogP contribution in [-0.2, 0) is 13.0 Å². The second-order valence-corrected chi connectivity index (χ2v) is 5.10. The van der Waals surface area contributed by atoms with Gasteiger partial charge in [0.25, 0.3) is 0 Å². The molecule has 0 aliphatic rings. The Hall–Kier alpha value is -2.33. The Morgan fingerprint density at radius 3 is 2.05 bits per heavy atom. The third-order valence-electron chi connectivity index (χ3n) is 3.28. The molecule has 0 bridgehead atoms. The smallest absolute Gasteiger partial charge is 0.407 e. The molecule has 0 saturated heterocycles. The largest absolute Gasteiger partial charge is 0.465 e. The first-order chi connectivity index (χ1) is 10.1. The van der Waals surface area contributed by atoms with Gasteiger partial charge in [0, 0.05) is 19.1 Å². The first-order valence-corrected chi connectivity index (χ1v) is 6.96. The third kappa shape index (κ3) is 4.93. The topological polar surface area (TPSA) is 66.6 Å². The fourth-order valence-corrected chi connectivity index (χ4v) is 2.28. The van der Waals surface area contributed by atoms with Crippen LogP contribution in [0.3, 0.4) is 0 Å². The van der Waals surface area contributed by atoms with Crippen molar-refractivity contribution in [1.82, 2.24) is 4.90 Å². The number of nitrogens with zero attached hydrogens (tertiary/aromatic N) is 1. The number of nitrogens with two attached hydrogens (primary N) is 1. The average Bonchev–Trinajstić information content (AvgIpc) is 2.48. The lowest BCUT2D eigenvalue weighted by atomic mass is 10.1. The molecule has 110 valence electrons. The first kappa shape index (κ1) is 15.1. The van der Waals surface area contributed by atoms with Gasteiger partial charge < -0.3 is 15.7 Å². The number of amides is 1. The molecular formula is C17H20N2O2. The highest BCUT2D eigenvalue weighted by molar-refractivity contribution is 5.65. The second-order valence-electron chi connectivity index (χ2n) is 5.10. The Labute approximate surface area is 124 Å². The van der Waals surface area contributed by atoms with E-state index in [4.69, 9.17) is 5.73 Å². The molecule has 0 heterocycles. The summed E-state index contributed by atoms with van der Waals surface area (Å²) >= 11 is 0. The van der Waals surface area contributed by atoms with Crippen LogP contribution in [0.15, 0.2) is 60.7 Å². The predicted octanol–water partition coefficient (Wildman–Crippen LogP) is 2.74. The van der Waals surface area contributed by atoms with Gasteiger partial charge in [-0.2, -0.15) is 0 Å². The summed E-state index contributed by atoms with van der Waals surface area (Å²) in [6.45, 7) is 0.678. The lowest BCUT2D eigenvalue weighted by Crippen LogP contribution is -2.41. The molecule has 1 atom stereocenters. The Balaban J connectivity index is 1.95. The van der Waals surface area contributed by atoms with Gasteiger partial charge in [0.05, 0.1) is 0 Å². The van der Waals surface area contributed by atoms with Crippen LogP contribution >= 0.6 is 0 Å². The molecular weight excluding hydrogens is 264 g/mol. The minimum Gasteiger partial charge on any atom is -0.465 e. The maximum Gasteiger partial charge on any atom is 0.407 e. The molecule has 1 amide bonds. The van der Waals surface area contributed by atoms with Crippen molar-refractivity contribution in [3.8, 4) is 0 Å². The van der Waals surface area contributed by atoms with Crippen LogP contribution < -0.4 is 5.73 Å². The van der Waals surface area contributed by atoms with Crippen molar-refractivity contribution in [2.24, 2.45) is 5.73 Å². The van der Waals surface area contributed by atoms with Gasteiger partial charge in [-0.3, -0.25) is 0 Å². The van der Waals surface area contributed by atoms with Gasteiger partial charge in [-0.25, -0.2) is 4.79 Å². The lowest BCUT2D eigenvalue weighted by Gasteiger charge is -2.23.